The molecule has 1 aromatic carbocycles. The maximum absolute atomic E-state index is 12.5. The van der Waals surface area contributed by atoms with Gasteiger partial charge in [0, 0.05) is 26.1 Å². The summed E-state index contributed by atoms with van der Waals surface area (Å²) in [4.78, 5) is 25.1. The van der Waals surface area contributed by atoms with E-state index in [-0.39, 0.29) is 6.03 Å². The molecule has 2 aliphatic rings. The standard InChI is InChI=1S/C21H31N5O/c27-21(22-10-6-13-25-11-3-4-12-25)26-14-5-7-17(16-26)15-20-23-18-8-1-2-9-19(18)24-20/h1-2,8-9,17H,3-7,10-16H2,(H,22,27)(H,23,24). The van der Waals surface area contributed by atoms with E-state index < -0.39 is 0 Å². The molecular weight excluding hydrogens is 338 g/mol. The molecule has 0 radical (unpaired) electrons. The first-order valence-corrected chi connectivity index (χ1v) is 10.5. The van der Waals surface area contributed by atoms with Crippen LogP contribution in [0.5, 0.6) is 0 Å². The average Bonchev–Trinajstić information content (AvgIpc) is 3.34. The third-order valence-corrected chi connectivity index (χ3v) is 5.85. The Morgan fingerprint density at radius 2 is 2.04 bits per heavy atom. The lowest BCUT2D eigenvalue weighted by Gasteiger charge is -2.32. The van der Waals surface area contributed by atoms with Crippen LogP contribution >= 0.6 is 0 Å². The van der Waals surface area contributed by atoms with Crippen LogP contribution in [0.15, 0.2) is 24.3 Å². The van der Waals surface area contributed by atoms with Gasteiger partial charge in [0.15, 0.2) is 0 Å². The van der Waals surface area contributed by atoms with E-state index in [1.807, 2.05) is 23.1 Å². The Morgan fingerprint density at radius 1 is 1.19 bits per heavy atom. The highest BCUT2D eigenvalue weighted by molar-refractivity contribution is 5.75. The molecule has 1 unspecified atom stereocenters. The average molecular weight is 370 g/mol. The van der Waals surface area contributed by atoms with Gasteiger partial charge in [0.05, 0.1) is 11.0 Å². The second-order valence-corrected chi connectivity index (χ2v) is 7.99. The molecule has 1 aromatic heterocycles. The minimum Gasteiger partial charge on any atom is -0.342 e. The van der Waals surface area contributed by atoms with Gasteiger partial charge in [-0.15, -0.1) is 0 Å². The fourth-order valence-electron chi connectivity index (χ4n) is 4.41. The second-order valence-electron chi connectivity index (χ2n) is 7.99. The van der Waals surface area contributed by atoms with Gasteiger partial charge < -0.3 is 20.1 Å². The van der Waals surface area contributed by atoms with Gasteiger partial charge in [-0.2, -0.15) is 0 Å². The van der Waals surface area contributed by atoms with E-state index in [0.717, 1.165) is 68.7 Å². The molecule has 6 heteroatoms. The number of aromatic amines is 1. The van der Waals surface area contributed by atoms with Crippen LogP contribution in [0, 0.1) is 5.92 Å². The molecule has 2 fully saturated rings. The van der Waals surface area contributed by atoms with E-state index in [1.165, 1.54) is 25.9 Å². The summed E-state index contributed by atoms with van der Waals surface area (Å²) < 4.78 is 0. The lowest BCUT2D eigenvalue weighted by molar-refractivity contribution is 0.164. The third kappa shape index (κ3) is 4.80. The Hall–Kier alpha value is -2.08. The molecule has 146 valence electrons. The van der Waals surface area contributed by atoms with Gasteiger partial charge in [-0.3, -0.25) is 0 Å². The van der Waals surface area contributed by atoms with Crippen molar-refractivity contribution in [3.8, 4) is 0 Å². The fourth-order valence-corrected chi connectivity index (χ4v) is 4.41. The molecule has 0 aliphatic carbocycles. The maximum atomic E-state index is 12.5. The molecule has 1 atom stereocenters. The van der Waals surface area contributed by atoms with Crippen molar-refractivity contribution in [2.45, 2.75) is 38.5 Å². The maximum Gasteiger partial charge on any atom is 0.317 e. The first-order valence-electron chi connectivity index (χ1n) is 10.5. The van der Waals surface area contributed by atoms with Crippen molar-refractivity contribution in [1.29, 1.82) is 0 Å². The topological polar surface area (TPSA) is 64.3 Å². The van der Waals surface area contributed by atoms with E-state index in [0.29, 0.717) is 5.92 Å². The third-order valence-electron chi connectivity index (χ3n) is 5.85. The fraction of sp³-hybridized carbons (Fsp3) is 0.619. The number of aromatic nitrogens is 2. The summed E-state index contributed by atoms with van der Waals surface area (Å²) in [5.74, 6) is 1.52. The van der Waals surface area contributed by atoms with Gasteiger partial charge >= 0.3 is 6.03 Å². The number of amides is 2. The minimum absolute atomic E-state index is 0.103. The molecule has 2 aromatic rings. The predicted molar refractivity (Wildman–Crippen MR) is 108 cm³/mol. The van der Waals surface area contributed by atoms with Crippen LogP contribution in [0.1, 0.15) is 37.9 Å². The summed E-state index contributed by atoms with van der Waals surface area (Å²) in [5.41, 5.74) is 2.12. The number of hydrogen-bond acceptors (Lipinski definition) is 3. The van der Waals surface area contributed by atoms with Crippen molar-refractivity contribution in [1.82, 2.24) is 25.1 Å². The number of hydrogen-bond donors (Lipinski definition) is 2. The molecule has 0 saturated carbocycles. The van der Waals surface area contributed by atoms with Crippen molar-refractivity contribution in [2.75, 3.05) is 39.3 Å². The number of carbonyl (C=O) groups excluding carboxylic acids is 1. The minimum atomic E-state index is 0.103. The SMILES string of the molecule is O=C(NCCCN1CCCC1)N1CCCC(Cc2nc3ccccc3[nH]2)C1. The Morgan fingerprint density at radius 3 is 2.89 bits per heavy atom. The smallest absolute Gasteiger partial charge is 0.317 e. The summed E-state index contributed by atoms with van der Waals surface area (Å²) in [6.45, 7) is 6.03. The number of imidazole rings is 1. The number of H-pyrrole nitrogens is 1. The number of nitrogens with zero attached hydrogens (tertiary/aromatic N) is 3. The van der Waals surface area contributed by atoms with Crippen molar-refractivity contribution in [3.63, 3.8) is 0 Å². The number of nitrogens with one attached hydrogen (secondary N) is 2. The quantitative estimate of drug-likeness (QED) is 0.770. The van der Waals surface area contributed by atoms with Crippen molar-refractivity contribution >= 4 is 17.1 Å². The Bertz CT molecular complexity index is 719. The number of urea groups is 1. The van der Waals surface area contributed by atoms with E-state index in [4.69, 9.17) is 4.98 Å². The summed E-state index contributed by atoms with van der Waals surface area (Å²) in [7, 11) is 0. The Kier molecular flexibility index (Phi) is 5.92. The van der Waals surface area contributed by atoms with Crippen molar-refractivity contribution < 1.29 is 4.79 Å². The van der Waals surface area contributed by atoms with Crippen LogP contribution in [-0.2, 0) is 6.42 Å². The molecule has 3 heterocycles. The highest BCUT2D eigenvalue weighted by atomic mass is 16.2. The highest BCUT2D eigenvalue weighted by Crippen LogP contribution is 2.21. The molecule has 27 heavy (non-hydrogen) atoms. The Balaban J connectivity index is 1.22. The van der Waals surface area contributed by atoms with E-state index in [1.54, 1.807) is 0 Å². The number of rotatable bonds is 6. The van der Waals surface area contributed by atoms with Crippen LogP contribution < -0.4 is 5.32 Å². The van der Waals surface area contributed by atoms with Gasteiger partial charge in [-0.1, -0.05) is 12.1 Å². The zero-order valence-corrected chi connectivity index (χ0v) is 16.1. The second kappa shape index (κ2) is 8.74. The van der Waals surface area contributed by atoms with Crippen LogP contribution in [0.3, 0.4) is 0 Å². The summed E-state index contributed by atoms with van der Waals surface area (Å²) in [6.07, 6.45) is 6.84. The zero-order chi connectivity index (χ0) is 18.5. The van der Waals surface area contributed by atoms with E-state index in [2.05, 4.69) is 21.3 Å². The van der Waals surface area contributed by atoms with E-state index in [9.17, 15) is 4.79 Å². The molecule has 6 nitrogen and oxygen atoms in total. The molecule has 0 spiro atoms. The number of fused-ring (bicyclic) bond motifs is 1. The molecule has 2 saturated heterocycles. The lowest BCUT2D eigenvalue weighted by Crippen LogP contribution is -2.46. The predicted octanol–water partition coefficient (Wildman–Crippen LogP) is 3.01. The largest absolute Gasteiger partial charge is 0.342 e. The highest BCUT2D eigenvalue weighted by Gasteiger charge is 2.24. The van der Waals surface area contributed by atoms with Crippen LogP contribution in [0.2, 0.25) is 0 Å². The van der Waals surface area contributed by atoms with Gasteiger partial charge in [0.1, 0.15) is 5.82 Å². The molecule has 2 aliphatic heterocycles. The van der Waals surface area contributed by atoms with Gasteiger partial charge in [-0.25, -0.2) is 9.78 Å². The van der Waals surface area contributed by atoms with Crippen LogP contribution in [-0.4, -0.2) is 65.1 Å². The first kappa shape index (κ1) is 18.3. The van der Waals surface area contributed by atoms with Gasteiger partial charge in [0.2, 0.25) is 0 Å². The van der Waals surface area contributed by atoms with Crippen molar-refractivity contribution in [2.24, 2.45) is 5.92 Å². The zero-order valence-electron chi connectivity index (χ0n) is 16.1. The molecular formula is C21H31N5O. The molecule has 2 amide bonds. The molecule has 4 rings (SSSR count). The number of para-hydroxylation sites is 2. The normalized spacial score (nSPS) is 21.0. The van der Waals surface area contributed by atoms with Crippen LogP contribution in [0.25, 0.3) is 11.0 Å². The Labute approximate surface area is 161 Å². The monoisotopic (exact) mass is 369 g/mol. The summed E-state index contributed by atoms with van der Waals surface area (Å²) >= 11 is 0. The number of benzene rings is 1. The first-order chi connectivity index (χ1) is 13.3. The van der Waals surface area contributed by atoms with Gasteiger partial charge in [0.25, 0.3) is 0 Å². The summed E-state index contributed by atoms with van der Waals surface area (Å²) in [6, 6.07) is 8.25. The van der Waals surface area contributed by atoms with Crippen LogP contribution in [0.4, 0.5) is 4.79 Å². The molecule has 0 bridgehead atoms. The van der Waals surface area contributed by atoms with Crippen molar-refractivity contribution in [3.05, 3.63) is 30.1 Å². The number of piperidine rings is 1. The van der Waals surface area contributed by atoms with E-state index >= 15 is 0 Å². The molecule has 2 N–H and O–H groups in total. The lowest BCUT2D eigenvalue weighted by atomic mass is 9.95. The number of carbonyl (C=O) groups is 1. The van der Waals surface area contributed by atoms with Gasteiger partial charge in [-0.05, 0) is 69.8 Å². The summed E-state index contributed by atoms with van der Waals surface area (Å²) in [5, 5.41) is 3.12. The number of likely N-dealkylation sites (tertiary alicyclic amines) is 2.